The molecule has 1 heterocycles. The van der Waals surface area contributed by atoms with Crippen molar-refractivity contribution in [3.8, 4) is 0 Å². The Hall–Kier alpha value is -1.95. The molecule has 0 atom stereocenters. The maximum atomic E-state index is 12.4. The summed E-state index contributed by atoms with van der Waals surface area (Å²) in [5.41, 5.74) is 7.92. The Morgan fingerprint density at radius 1 is 1.37 bits per heavy atom. The molecule has 0 saturated heterocycles. The van der Waals surface area contributed by atoms with Crippen molar-refractivity contribution in [3.05, 3.63) is 40.9 Å². The highest BCUT2D eigenvalue weighted by Gasteiger charge is 2.33. The van der Waals surface area contributed by atoms with Crippen molar-refractivity contribution >= 4 is 23.1 Å². The zero-order valence-electron chi connectivity index (χ0n) is 10.3. The van der Waals surface area contributed by atoms with Crippen molar-refractivity contribution < 1.29 is 4.79 Å². The minimum atomic E-state index is -0.0342. The first-order valence-electron chi connectivity index (χ1n) is 6.16. The van der Waals surface area contributed by atoms with Crippen LogP contribution in [0, 0.1) is 0 Å². The number of carbonyl (C=O) groups excluding carboxylic acids is 1. The molecule has 2 N–H and O–H groups in total. The van der Waals surface area contributed by atoms with Gasteiger partial charge in [0.05, 0.1) is 0 Å². The topological polar surface area (TPSA) is 72.1 Å². The van der Waals surface area contributed by atoms with Gasteiger partial charge in [0.1, 0.15) is 0 Å². The van der Waals surface area contributed by atoms with E-state index in [1.807, 2.05) is 29.2 Å². The highest BCUT2D eigenvalue weighted by molar-refractivity contribution is 7.03. The van der Waals surface area contributed by atoms with Crippen LogP contribution in [-0.2, 0) is 6.54 Å². The highest BCUT2D eigenvalue weighted by Crippen LogP contribution is 2.29. The van der Waals surface area contributed by atoms with Crippen LogP contribution in [0.25, 0.3) is 0 Å². The van der Waals surface area contributed by atoms with E-state index in [1.54, 1.807) is 5.38 Å². The molecule has 0 unspecified atom stereocenters. The Kier molecular flexibility index (Phi) is 3.16. The molecule has 1 fully saturated rings. The molecule has 19 heavy (non-hydrogen) atoms. The zero-order valence-corrected chi connectivity index (χ0v) is 11.1. The van der Waals surface area contributed by atoms with E-state index in [0.717, 1.165) is 24.1 Å². The summed E-state index contributed by atoms with van der Waals surface area (Å²) in [6, 6.07) is 7.96. The Balaban J connectivity index is 1.78. The lowest BCUT2D eigenvalue weighted by molar-refractivity contribution is 0.0724. The smallest absolute Gasteiger partial charge is 0.275 e. The highest BCUT2D eigenvalue weighted by atomic mass is 32.1. The second-order valence-corrected chi connectivity index (χ2v) is 5.31. The van der Waals surface area contributed by atoms with Crippen molar-refractivity contribution in [1.82, 2.24) is 14.5 Å². The summed E-state index contributed by atoms with van der Waals surface area (Å²) in [5.74, 6) is -0.0342. The van der Waals surface area contributed by atoms with E-state index in [1.165, 1.54) is 11.5 Å². The van der Waals surface area contributed by atoms with E-state index in [-0.39, 0.29) is 5.91 Å². The molecule has 1 aromatic heterocycles. The molecule has 6 heteroatoms. The number of nitrogens with two attached hydrogens (primary N) is 1. The lowest BCUT2D eigenvalue weighted by Gasteiger charge is -2.21. The Morgan fingerprint density at radius 2 is 2.11 bits per heavy atom. The van der Waals surface area contributed by atoms with E-state index >= 15 is 0 Å². The Labute approximate surface area is 115 Å². The van der Waals surface area contributed by atoms with Crippen LogP contribution in [0.15, 0.2) is 29.6 Å². The summed E-state index contributed by atoms with van der Waals surface area (Å²) in [5, 5.41) is 5.56. The Morgan fingerprint density at radius 3 is 2.68 bits per heavy atom. The summed E-state index contributed by atoms with van der Waals surface area (Å²) in [7, 11) is 0. The number of hydrogen-bond donors (Lipinski definition) is 1. The number of hydrogen-bond acceptors (Lipinski definition) is 5. The van der Waals surface area contributed by atoms with Crippen LogP contribution < -0.4 is 5.73 Å². The van der Waals surface area contributed by atoms with Gasteiger partial charge in [0.15, 0.2) is 5.69 Å². The molecule has 1 aromatic carbocycles. The van der Waals surface area contributed by atoms with E-state index < -0.39 is 0 Å². The van der Waals surface area contributed by atoms with Gasteiger partial charge in [-0.2, -0.15) is 0 Å². The second kappa shape index (κ2) is 4.97. The summed E-state index contributed by atoms with van der Waals surface area (Å²) in [4.78, 5) is 14.2. The monoisotopic (exact) mass is 274 g/mol. The first-order chi connectivity index (χ1) is 9.24. The van der Waals surface area contributed by atoms with Crippen LogP contribution in [0.4, 0.5) is 5.69 Å². The number of benzene rings is 1. The van der Waals surface area contributed by atoms with Gasteiger partial charge in [-0.25, -0.2) is 0 Å². The van der Waals surface area contributed by atoms with Crippen molar-refractivity contribution in [1.29, 1.82) is 0 Å². The van der Waals surface area contributed by atoms with Gasteiger partial charge in [0.25, 0.3) is 5.91 Å². The summed E-state index contributed by atoms with van der Waals surface area (Å²) < 4.78 is 3.75. The molecule has 1 amide bonds. The minimum Gasteiger partial charge on any atom is -0.399 e. The van der Waals surface area contributed by atoms with Gasteiger partial charge in [0.2, 0.25) is 0 Å². The fourth-order valence-corrected chi connectivity index (χ4v) is 2.41. The molecule has 3 rings (SSSR count). The van der Waals surface area contributed by atoms with Crippen LogP contribution in [0.5, 0.6) is 0 Å². The van der Waals surface area contributed by atoms with Gasteiger partial charge in [-0.1, -0.05) is 16.6 Å². The first-order valence-corrected chi connectivity index (χ1v) is 7.00. The number of nitrogen functional groups attached to an aromatic ring is 1. The van der Waals surface area contributed by atoms with Gasteiger partial charge in [0, 0.05) is 23.7 Å². The van der Waals surface area contributed by atoms with Crippen molar-refractivity contribution in [2.24, 2.45) is 0 Å². The van der Waals surface area contributed by atoms with E-state index in [9.17, 15) is 4.79 Å². The fraction of sp³-hybridized carbons (Fsp3) is 0.308. The van der Waals surface area contributed by atoms with Gasteiger partial charge in [-0.05, 0) is 42.1 Å². The molecular formula is C13H14N4OS. The Bertz CT molecular complexity index is 563. The van der Waals surface area contributed by atoms with Gasteiger partial charge >= 0.3 is 0 Å². The number of aromatic nitrogens is 2. The van der Waals surface area contributed by atoms with Crippen LogP contribution in [0.1, 0.15) is 28.9 Å². The molecule has 0 aliphatic heterocycles. The number of amides is 1. The average Bonchev–Trinajstić information content (AvgIpc) is 3.11. The minimum absolute atomic E-state index is 0.0342. The fourth-order valence-electron chi connectivity index (χ4n) is 1.98. The average molecular weight is 274 g/mol. The number of rotatable bonds is 4. The zero-order chi connectivity index (χ0) is 13.2. The second-order valence-electron chi connectivity index (χ2n) is 4.70. The SMILES string of the molecule is Nc1ccc(CN(C(=O)c2csnn2)C2CC2)cc1. The van der Waals surface area contributed by atoms with Crippen molar-refractivity contribution in [2.75, 3.05) is 5.73 Å². The molecule has 0 bridgehead atoms. The molecule has 2 aromatic rings. The van der Waals surface area contributed by atoms with Gasteiger partial charge in [-0.3, -0.25) is 4.79 Å². The molecule has 0 spiro atoms. The van der Waals surface area contributed by atoms with Crippen LogP contribution in [0.2, 0.25) is 0 Å². The van der Waals surface area contributed by atoms with Crippen LogP contribution in [-0.4, -0.2) is 26.4 Å². The number of anilines is 1. The third-order valence-electron chi connectivity index (χ3n) is 3.16. The van der Waals surface area contributed by atoms with Crippen molar-refractivity contribution in [3.63, 3.8) is 0 Å². The molecule has 1 aliphatic rings. The van der Waals surface area contributed by atoms with E-state index in [4.69, 9.17) is 5.73 Å². The number of carbonyl (C=O) groups is 1. The van der Waals surface area contributed by atoms with Gasteiger partial charge in [-0.15, -0.1) is 5.10 Å². The van der Waals surface area contributed by atoms with Crippen LogP contribution >= 0.6 is 11.5 Å². The summed E-state index contributed by atoms with van der Waals surface area (Å²) in [6.07, 6.45) is 2.14. The maximum Gasteiger partial charge on any atom is 0.275 e. The van der Waals surface area contributed by atoms with E-state index in [0.29, 0.717) is 18.3 Å². The third kappa shape index (κ3) is 2.73. The molecule has 1 saturated carbocycles. The first kappa shape index (κ1) is 12.1. The van der Waals surface area contributed by atoms with E-state index in [2.05, 4.69) is 9.59 Å². The summed E-state index contributed by atoms with van der Waals surface area (Å²) in [6.45, 7) is 0.599. The molecule has 5 nitrogen and oxygen atoms in total. The largest absolute Gasteiger partial charge is 0.399 e. The van der Waals surface area contributed by atoms with Crippen LogP contribution in [0.3, 0.4) is 0 Å². The maximum absolute atomic E-state index is 12.4. The lowest BCUT2D eigenvalue weighted by atomic mass is 10.2. The van der Waals surface area contributed by atoms with Gasteiger partial charge < -0.3 is 10.6 Å². The molecular weight excluding hydrogens is 260 g/mol. The standard InChI is InChI=1S/C13H14N4OS/c14-10-3-1-9(2-4-10)7-17(11-5-6-11)13(18)12-8-19-16-15-12/h1-4,8,11H,5-7,14H2. The molecule has 1 aliphatic carbocycles. The predicted molar refractivity (Wildman–Crippen MR) is 73.7 cm³/mol. The third-order valence-corrected chi connectivity index (χ3v) is 3.66. The summed E-state index contributed by atoms with van der Waals surface area (Å²) >= 11 is 1.20. The number of nitrogens with zero attached hydrogens (tertiary/aromatic N) is 3. The quantitative estimate of drug-likeness (QED) is 0.865. The predicted octanol–water partition coefficient (Wildman–Crippen LogP) is 1.93. The van der Waals surface area contributed by atoms with Crippen molar-refractivity contribution in [2.45, 2.75) is 25.4 Å². The lowest BCUT2D eigenvalue weighted by Crippen LogP contribution is -2.32. The molecule has 0 radical (unpaired) electrons. The normalized spacial score (nSPS) is 14.3. The molecule has 98 valence electrons.